The van der Waals surface area contributed by atoms with Gasteiger partial charge >= 0.3 is 0 Å². The molecule has 114 valence electrons. The molecule has 1 unspecified atom stereocenters. The monoisotopic (exact) mass is 325 g/mol. The lowest BCUT2D eigenvalue weighted by Gasteiger charge is -2.17. The molecule has 0 aliphatic heterocycles. The van der Waals surface area contributed by atoms with Crippen molar-refractivity contribution < 1.29 is 4.79 Å². The highest BCUT2D eigenvalue weighted by molar-refractivity contribution is 7.99. The first kappa shape index (κ1) is 16.0. The Morgan fingerprint density at radius 2 is 2.19 bits per heavy atom. The predicted octanol–water partition coefficient (Wildman–Crippen LogP) is 2.25. The van der Waals surface area contributed by atoms with E-state index in [1.54, 1.807) is 13.1 Å². The van der Waals surface area contributed by atoms with E-state index in [4.69, 9.17) is 0 Å². The van der Waals surface area contributed by atoms with Crippen molar-refractivity contribution in [1.82, 2.24) is 14.9 Å². The van der Waals surface area contributed by atoms with Gasteiger partial charge in [0, 0.05) is 13.1 Å². The van der Waals surface area contributed by atoms with Crippen molar-refractivity contribution in [2.24, 2.45) is 13.0 Å². The van der Waals surface area contributed by atoms with E-state index in [0.717, 1.165) is 4.83 Å². The third-order valence-electron chi connectivity index (χ3n) is 3.38. The number of hydrogen-bond acceptors (Lipinski definition) is 5. The van der Waals surface area contributed by atoms with E-state index in [1.807, 2.05) is 12.3 Å². The standard InChI is InChI=1S/C14H19N3O2S2/c1-8(2)9(3)15-11(18)7-21-14-16-12-10(5-6-20-12)13(19)17(14)4/h5-6,8-9H,7H2,1-4H3,(H,15,18). The molecule has 1 N–H and O–H groups in total. The van der Waals surface area contributed by atoms with Gasteiger partial charge in [0.05, 0.1) is 11.1 Å². The minimum absolute atomic E-state index is 0.0401. The summed E-state index contributed by atoms with van der Waals surface area (Å²) in [6, 6.07) is 1.91. The summed E-state index contributed by atoms with van der Waals surface area (Å²) in [6.45, 7) is 6.11. The summed E-state index contributed by atoms with van der Waals surface area (Å²) in [5, 5.41) is 6.00. The van der Waals surface area contributed by atoms with Gasteiger partial charge in [-0.3, -0.25) is 14.2 Å². The van der Waals surface area contributed by atoms with Crippen molar-refractivity contribution in [1.29, 1.82) is 0 Å². The molecule has 2 aromatic rings. The molecular weight excluding hydrogens is 306 g/mol. The largest absolute Gasteiger partial charge is 0.353 e. The lowest BCUT2D eigenvalue weighted by atomic mass is 10.1. The highest BCUT2D eigenvalue weighted by Gasteiger charge is 2.14. The first-order valence-corrected chi connectivity index (χ1v) is 8.63. The molecule has 2 heterocycles. The molecule has 7 heteroatoms. The van der Waals surface area contributed by atoms with E-state index in [-0.39, 0.29) is 23.3 Å². The zero-order valence-electron chi connectivity index (χ0n) is 12.5. The fraction of sp³-hybridized carbons (Fsp3) is 0.500. The quantitative estimate of drug-likeness (QED) is 0.676. The minimum Gasteiger partial charge on any atom is -0.353 e. The van der Waals surface area contributed by atoms with Crippen molar-refractivity contribution in [3.63, 3.8) is 0 Å². The number of nitrogens with one attached hydrogen (secondary N) is 1. The lowest BCUT2D eigenvalue weighted by Crippen LogP contribution is -2.37. The van der Waals surface area contributed by atoms with Crippen molar-refractivity contribution in [3.05, 3.63) is 21.8 Å². The molecule has 0 saturated carbocycles. The highest BCUT2D eigenvalue weighted by atomic mass is 32.2. The molecule has 0 aliphatic rings. The molecule has 0 saturated heterocycles. The Labute approximate surface area is 131 Å². The first-order valence-electron chi connectivity index (χ1n) is 6.76. The normalized spacial score (nSPS) is 12.8. The minimum atomic E-state index is -0.0697. The van der Waals surface area contributed by atoms with E-state index >= 15 is 0 Å². The first-order chi connectivity index (χ1) is 9.90. The van der Waals surface area contributed by atoms with E-state index in [2.05, 4.69) is 24.1 Å². The lowest BCUT2D eigenvalue weighted by molar-refractivity contribution is -0.119. The topological polar surface area (TPSA) is 64.0 Å². The zero-order chi connectivity index (χ0) is 15.6. The Bertz CT molecular complexity index is 706. The van der Waals surface area contributed by atoms with Gasteiger partial charge in [0.15, 0.2) is 5.16 Å². The van der Waals surface area contributed by atoms with Crippen LogP contribution in [-0.4, -0.2) is 27.3 Å². The van der Waals surface area contributed by atoms with E-state index in [9.17, 15) is 9.59 Å². The Balaban J connectivity index is 2.08. The predicted molar refractivity (Wildman–Crippen MR) is 88.0 cm³/mol. The van der Waals surface area contributed by atoms with Crippen LogP contribution in [-0.2, 0) is 11.8 Å². The average molecular weight is 325 g/mol. The van der Waals surface area contributed by atoms with Crippen molar-refractivity contribution in [2.75, 3.05) is 5.75 Å². The van der Waals surface area contributed by atoms with Gasteiger partial charge in [0.25, 0.3) is 5.56 Å². The molecule has 2 rings (SSSR count). The maximum Gasteiger partial charge on any atom is 0.262 e. The smallest absolute Gasteiger partial charge is 0.262 e. The van der Waals surface area contributed by atoms with Crippen LogP contribution in [0, 0.1) is 5.92 Å². The number of rotatable bonds is 5. The van der Waals surface area contributed by atoms with E-state index < -0.39 is 0 Å². The number of thiophene rings is 1. The zero-order valence-corrected chi connectivity index (χ0v) is 14.2. The number of carbonyl (C=O) groups excluding carboxylic acids is 1. The fourth-order valence-corrected chi connectivity index (χ4v) is 3.29. The highest BCUT2D eigenvalue weighted by Crippen LogP contribution is 2.20. The Hall–Kier alpha value is -1.34. The van der Waals surface area contributed by atoms with Crippen LogP contribution in [0.3, 0.4) is 0 Å². The van der Waals surface area contributed by atoms with Gasteiger partial charge in [0.2, 0.25) is 5.91 Å². The maximum atomic E-state index is 12.1. The summed E-state index contributed by atoms with van der Waals surface area (Å²) >= 11 is 2.72. The summed E-state index contributed by atoms with van der Waals surface area (Å²) in [6.07, 6.45) is 0. The van der Waals surface area contributed by atoms with Crippen LogP contribution < -0.4 is 10.9 Å². The molecule has 0 spiro atoms. The molecule has 0 radical (unpaired) electrons. The summed E-state index contributed by atoms with van der Waals surface area (Å²) < 4.78 is 1.50. The van der Waals surface area contributed by atoms with E-state index in [0.29, 0.717) is 16.5 Å². The second-order valence-corrected chi connectivity index (χ2v) is 7.12. The van der Waals surface area contributed by atoms with Crippen LogP contribution in [0.25, 0.3) is 10.2 Å². The number of fused-ring (bicyclic) bond motifs is 1. The Morgan fingerprint density at radius 3 is 2.86 bits per heavy atom. The van der Waals surface area contributed by atoms with Crippen molar-refractivity contribution in [2.45, 2.75) is 32.0 Å². The molecule has 0 bridgehead atoms. The van der Waals surface area contributed by atoms with Gasteiger partial charge < -0.3 is 5.32 Å². The van der Waals surface area contributed by atoms with Gasteiger partial charge in [0.1, 0.15) is 4.83 Å². The Kier molecular flexibility index (Phi) is 5.05. The van der Waals surface area contributed by atoms with Crippen molar-refractivity contribution in [3.8, 4) is 0 Å². The number of thioether (sulfide) groups is 1. The molecule has 1 atom stereocenters. The third-order valence-corrected chi connectivity index (χ3v) is 5.22. The van der Waals surface area contributed by atoms with Crippen LogP contribution in [0.4, 0.5) is 0 Å². The van der Waals surface area contributed by atoms with Crippen LogP contribution >= 0.6 is 23.1 Å². The molecule has 21 heavy (non-hydrogen) atoms. The number of hydrogen-bond donors (Lipinski definition) is 1. The average Bonchev–Trinajstić information content (AvgIpc) is 2.89. The van der Waals surface area contributed by atoms with Gasteiger partial charge in [-0.05, 0) is 24.3 Å². The second kappa shape index (κ2) is 6.62. The number of carbonyl (C=O) groups is 1. The molecule has 0 aromatic carbocycles. The number of aromatic nitrogens is 2. The van der Waals surface area contributed by atoms with Gasteiger partial charge in [-0.25, -0.2) is 4.98 Å². The van der Waals surface area contributed by atoms with Crippen LogP contribution in [0.1, 0.15) is 20.8 Å². The van der Waals surface area contributed by atoms with E-state index in [1.165, 1.54) is 27.7 Å². The van der Waals surface area contributed by atoms with Crippen LogP contribution in [0.5, 0.6) is 0 Å². The van der Waals surface area contributed by atoms with Crippen LogP contribution in [0.2, 0.25) is 0 Å². The van der Waals surface area contributed by atoms with Gasteiger partial charge in [-0.2, -0.15) is 0 Å². The number of nitrogens with zero attached hydrogens (tertiary/aromatic N) is 2. The molecule has 5 nitrogen and oxygen atoms in total. The summed E-state index contributed by atoms with van der Waals surface area (Å²) in [4.78, 5) is 29.2. The van der Waals surface area contributed by atoms with Crippen LogP contribution in [0.15, 0.2) is 21.4 Å². The molecular formula is C14H19N3O2S2. The maximum absolute atomic E-state index is 12.1. The Morgan fingerprint density at radius 1 is 1.48 bits per heavy atom. The molecule has 1 amide bonds. The molecule has 0 aliphatic carbocycles. The summed E-state index contributed by atoms with van der Waals surface area (Å²) in [5.41, 5.74) is -0.0697. The summed E-state index contributed by atoms with van der Waals surface area (Å²) in [5.74, 6) is 0.611. The summed E-state index contributed by atoms with van der Waals surface area (Å²) in [7, 11) is 1.68. The molecule has 2 aromatic heterocycles. The van der Waals surface area contributed by atoms with Gasteiger partial charge in [-0.1, -0.05) is 25.6 Å². The SMILES string of the molecule is CC(C)C(C)NC(=O)CSc1nc2sccc2c(=O)n1C. The second-order valence-electron chi connectivity index (χ2n) is 5.29. The van der Waals surface area contributed by atoms with Gasteiger partial charge in [-0.15, -0.1) is 11.3 Å². The molecule has 0 fully saturated rings. The third kappa shape index (κ3) is 3.65. The number of amides is 1. The fourth-order valence-electron chi connectivity index (χ4n) is 1.70. The van der Waals surface area contributed by atoms with Crippen molar-refractivity contribution >= 4 is 39.2 Å².